The molecular formula is C13H6Cl2N4OS. The van der Waals surface area contributed by atoms with E-state index in [-0.39, 0.29) is 0 Å². The quantitative estimate of drug-likeness (QED) is 0.543. The number of fused-ring (bicyclic) bond motifs is 1. The molecule has 3 heterocycles. The van der Waals surface area contributed by atoms with Gasteiger partial charge in [0.15, 0.2) is 5.76 Å². The van der Waals surface area contributed by atoms with E-state index in [0.29, 0.717) is 26.6 Å². The molecule has 0 fully saturated rings. The molecule has 0 bridgehead atoms. The Hall–Kier alpha value is -1.89. The SMILES string of the molecule is Clc1ccc(Cl)c(-c2nn3c(-c4ccco4)nnc3s2)c1. The fourth-order valence-corrected chi connectivity index (χ4v) is 3.25. The van der Waals surface area contributed by atoms with Gasteiger partial charge in [0.25, 0.3) is 0 Å². The molecule has 4 aromatic rings. The third-order valence-electron chi connectivity index (χ3n) is 2.89. The third-order valence-corrected chi connectivity index (χ3v) is 4.39. The number of furan rings is 1. The van der Waals surface area contributed by atoms with E-state index in [9.17, 15) is 0 Å². The summed E-state index contributed by atoms with van der Waals surface area (Å²) in [5.41, 5.74) is 0.769. The van der Waals surface area contributed by atoms with Crippen LogP contribution in [0.1, 0.15) is 0 Å². The second kappa shape index (κ2) is 4.84. The highest BCUT2D eigenvalue weighted by atomic mass is 35.5. The number of aromatic nitrogens is 4. The highest BCUT2D eigenvalue weighted by Crippen LogP contribution is 2.34. The summed E-state index contributed by atoms with van der Waals surface area (Å²) < 4.78 is 6.97. The van der Waals surface area contributed by atoms with Gasteiger partial charge in [0.05, 0.1) is 11.3 Å². The highest BCUT2D eigenvalue weighted by Gasteiger charge is 2.17. The topological polar surface area (TPSA) is 56.2 Å². The van der Waals surface area contributed by atoms with E-state index >= 15 is 0 Å². The second-order valence-corrected chi connectivity index (χ2v) is 6.03. The van der Waals surface area contributed by atoms with Crippen LogP contribution in [-0.4, -0.2) is 19.8 Å². The van der Waals surface area contributed by atoms with E-state index in [4.69, 9.17) is 27.6 Å². The number of nitrogens with zero attached hydrogens (tertiary/aromatic N) is 4. The first-order valence-corrected chi connectivity index (χ1v) is 7.51. The Morgan fingerprint density at radius 1 is 1.14 bits per heavy atom. The molecule has 104 valence electrons. The molecule has 21 heavy (non-hydrogen) atoms. The smallest absolute Gasteiger partial charge is 0.235 e. The van der Waals surface area contributed by atoms with E-state index in [1.807, 2.05) is 6.07 Å². The van der Waals surface area contributed by atoms with Gasteiger partial charge in [0.1, 0.15) is 5.01 Å². The van der Waals surface area contributed by atoms with Gasteiger partial charge in [-0.3, -0.25) is 0 Å². The number of halogens is 2. The summed E-state index contributed by atoms with van der Waals surface area (Å²) in [7, 11) is 0. The maximum atomic E-state index is 6.21. The lowest BCUT2D eigenvalue weighted by Crippen LogP contribution is -1.89. The summed E-state index contributed by atoms with van der Waals surface area (Å²) in [5.74, 6) is 1.16. The average molecular weight is 337 g/mol. The first kappa shape index (κ1) is 12.8. The van der Waals surface area contributed by atoms with Crippen LogP contribution in [0.2, 0.25) is 10.0 Å². The molecule has 0 spiro atoms. The van der Waals surface area contributed by atoms with Gasteiger partial charge in [-0.05, 0) is 30.3 Å². The maximum Gasteiger partial charge on any atom is 0.235 e. The Bertz CT molecular complexity index is 929. The highest BCUT2D eigenvalue weighted by molar-refractivity contribution is 7.19. The molecular weight excluding hydrogens is 331 g/mol. The number of hydrogen-bond acceptors (Lipinski definition) is 5. The van der Waals surface area contributed by atoms with Crippen LogP contribution in [-0.2, 0) is 0 Å². The second-order valence-electron chi connectivity index (χ2n) is 4.23. The van der Waals surface area contributed by atoms with Gasteiger partial charge in [-0.1, -0.05) is 34.5 Å². The molecule has 4 rings (SSSR count). The molecule has 5 nitrogen and oxygen atoms in total. The lowest BCUT2D eigenvalue weighted by Gasteiger charge is -1.99. The first-order chi connectivity index (χ1) is 10.2. The fraction of sp³-hybridized carbons (Fsp3) is 0. The summed E-state index contributed by atoms with van der Waals surface area (Å²) in [6.45, 7) is 0. The standard InChI is InChI=1S/C13H6Cl2N4OS/c14-7-3-4-9(15)8(6-7)12-18-19-11(10-2-1-5-20-10)16-17-13(19)21-12/h1-6H. The van der Waals surface area contributed by atoms with Gasteiger partial charge in [-0.2, -0.15) is 9.61 Å². The maximum absolute atomic E-state index is 6.21. The van der Waals surface area contributed by atoms with E-state index in [1.54, 1.807) is 35.0 Å². The molecule has 0 aliphatic carbocycles. The first-order valence-electron chi connectivity index (χ1n) is 5.94. The van der Waals surface area contributed by atoms with Gasteiger partial charge in [-0.15, -0.1) is 10.2 Å². The van der Waals surface area contributed by atoms with Crippen LogP contribution >= 0.6 is 34.5 Å². The molecule has 3 aromatic heterocycles. The number of benzene rings is 1. The van der Waals surface area contributed by atoms with Gasteiger partial charge in [0, 0.05) is 10.6 Å². The van der Waals surface area contributed by atoms with Crippen molar-refractivity contribution in [2.75, 3.05) is 0 Å². The van der Waals surface area contributed by atoms with Crippen molar-refractivity contribution in [3.05, 3.63) is 46.6 Å². The van der Waals surface area contributed by atoms with Crippen molar-refractivity contribution in [2.45, 2.75) is 0 Å². The van der Waals surface area contributed by atoms with Crippen molar-refractivity contribution in [1.29, 1.82) is 0 Å². The van der Waals surface area contributed by atoms with Gasteiger partial charge in [-0.25, -0.2) is 0 Å². The van der Waals surface area contributed by atoms with E-state index in [2.05, 4.69) is 15.3 Å². The minimum Gasteiger partial charge on any atom is -0.461 e. The Balaban J connectivity index is 1.90. The molecule has 0 amide bonds. The molecule has 0 saturated carbocycles. The normalized spacial score (nSPS) is 11.3. The van der Waals surface area contributed by atoms with Crippen LogP contribution in [0.4, 0.5) is 0 Å². The van der Waals surface area contributed by atoms with Gasteiger partial charge < -0.3 is 4.42 Å². The van der Waals surface area contributed by atoms with Crippen molar-refractivity contribution in [1.82, 2.24) is 19.8 Å². The Morgan fingerprint density at radius 3 is 2.86 bits per heavy atom. The zero-order chi connectivity index (χ0) is 14.4. The van der Waals surface area contributed by atoms with Crippen LogP contribution < -0.4 is 0 Å². The Morgan fingerprint density at radius 2 is 2.05 bits per heavy atom. The molecule has 0 aliphatic rings. The van der Waals surface area contributed by atoms with E-state index in [1.165, 1.54) is 11.3 Å². The van der Waals surface area contributed by atoms with Crippen LogP contribution in [0.25, 0.3) is 27.1 Å². The molecule has 0 unspecified atom stereocenters. The predicted octanol–water partition coefficient (Wildman–Crippen LogP) is 4.42. The molecule has 8 heteroatoms. The minimum absolute atomic E-state index is 0.552. The van der Waals surface area contributed by atoms with Crippen LogP contribution in [0, 0.1) is 0 Å². The molecule has 0 aliphatic heterocycles. The molecule has 0 radical (unpaired) electrons. The molecule has 0 saturated heterocycles. The summed E-state index contributed by atoms with van der Waals surface area (Å²) in [5, 5.41) is 14.6. The minimum atomic E-state index is 0.552. The summed E-state index contributed by atoms with van der Waals surface area (Å²) in [4.78, 5) is 0.660. The zero-order valence-corrected chi connectivity index (χ0v) is 12.7. The summed E-state index contributed by atoms with van der Waals surface area (Å²) >= 11 is 13.6. The molecule has 0 N–H and O–H groups in total. The lowest BCUT2D eigenvalue weighted by molar-refractivity contribution is 0.575. The largest absolute Gasteiger partial charge is 0.461 e. The van der Waals surface area contributed by atoms with Gasteiger partial charge >= 0.3 is 0 Å². The van der Waals surface area contributed by atoms with Crippen molar-refractivity contribution in [3.63, 3.8) is 0 Å². The zero-order valence-electron chi connectivity index (χ0n) is 10.3. The predicted molar refractivity (Wildman–Crippen MR) is 81.8 cm³/mol. The summed E-state index contributed by atoms with van der Waals surface area (Å²) in [6, 6.07) is 8.86. The van der Waals surface area contributed by atoms with Crippen molar-refractivity contribution < 1.29 is 4.42 Å². The van der Waals surface area contributed by atoms with Crippen LogP contribution in [0.5, 0.6) is 0 Å². The van der Waals surface area contributed by atoms with E-state index in [0.717, 1.165) is 10.6 Å². The Kier molecular flexibility index (Phi) is 2.95. The average Bonchev–Trinajstić information content (AvgIpc) is 3.15. The Labute approximate surface area is 132 Å². The molecule has 0 atom stereocenters. The van der Waals surface area contributed by atoms with Crippen molar-refractivity contribution in [2.24, 2.45) is 0 Å². The number of rotatable bonds is 2. The fourth-order valence-electron chi connectivity index (χ4n) is 1.95. The molecule has 1 aromatic carbocycles. The monoisotopic (exact) mass is 336 g/mol. The van der Waals surface area contributed by atoms with Crippen molar-refractivity contribution in [3.8, 4) is 22.2 Å². The third kappa shape index (κ3) is 2.12. The van der Waals surface area contributed by atoms with Crippen LogP contribution in [0.3, 0.4) is 0 Å². The van der Waals surface area contributed by atoms with Crippen LogP contribution in [0.15, 0.2) is 41.0 Å². The van der Waals surface area contributed by atoms with Gasteiger partial charge in [0.2, 0.25) is 10.8 Å². The van der Waals surface area contributed by atoms with E-state index < -0.39 is 0 Å². The van der Waals surface area contributed by atoms with Crippen molar-refractivity contribution >= 4 is 39.5 Å². The summed E-state index contributed by atoms with van der Waals surface area (Å²) in [6.07, 6.45) is 1.58. The lowest BCUT2D eigenvalue weighted by atomic mass is 10.2. The number of hydrogen-bond donors (Lipinski definition) is 0.